The molecule has 0 aromatic carbocycles. The summed E-state index contributed by atoms with van der Waals surface area (Å²) in [7, 11) is 3.97. The van der Waals surface area contributed by atoms with Crippen molar-refractivity contribution < 1.29 is 4.79 Å². The van der Waals surface area contributed by atoms with E-state index in [0.717, 1.165) is 0 Å². The second-order valence-corrected chi connectivity index (χ2v) is 6.31. The first kappa shape index (κ1) is 15.4. The Kier molecular flexibility index (Phi) is 5.10. The van der Waals surface area contributed by atoms with Gasteiger partial charge < -0.3 is 15.2 Å². The molecule has 2 rings (SSSR count). The molecule has 2 N–H and O–H groups in total. The normalized spacial score (nSPS) is 12.7. The number of aromatic nitrogens is 1. The molecule has 0 aliphatic rings. The summed E-state index contributed by atoms with van der Waals surface area (Å²) in [5.74, 6) is -0.220. The van der Waals surface area contributed by atoms with Crippen molar-refractivity contribution in [2.24, 2.45) is 0 Å². The van der Waals surface area contributed by atoms with Crippen LogP contribution in [0.15, 0.2) is 23.6 Å². The lowest BCUT2D eigenvalue weighted by Gasteiger charge is -2.23. The summed E-state index contributed by atoms with van der Waals surface area (Å²) in [6, 6.07) is 5.72. The van der Waals surface area contributed by atoms with E-state index in [0.29, 0.717) is 17.3 Å². The monoisotopic (exact) mass is 331 g/mol. The molecule has 1 amide bonds. The molecule has 0 saturated heterocycles. The molecule has 4 nitrogen and oxygen atoms in total. The summed E-state index contributed by atoms with van der Waals surface area (Å²) in [5, 5.41) is 5.54. The predicted octanol–water partition coefficient (Wildman–Crippen LogP) is 3.42. The number of likely N-dealkylation sites (N-methyl/N-ethyl adjacent to an activating group) is 1. The van der Waals surface area contributed by atoms with E-state index in [9.17, 15) is 4.79 Å². The van der Waals surface area contributed by atoms with Crippen LogP contribution in [-0.4, -0.2) is 36.4 Å². The van der Waals surface area contributed by atoms with Crippen molar-refractivity contribution in [3.8, 4) is 0 Å². The molecule has 2 aromatic rings. The highest BCUT2D eigenvalue weighted by molar-refractivity contribution is 7.10. The molecule has 0 aliphatic heterocycles. The van der Waals surface area contributed by atoms with Crippen LogP contribution in [0.5, 0.6) is 0 Å². The zero-order valence-electron chi connectivity index (χ0n) is 11.1. The van der Waals surface area contributed by atoms with Crippen LogP contribution >= 0.6 is 34.5 Å². The van der Waals surface area contributed by atoms with E-state index in [1.165, 1.54) is 10.9 Å². The van der Waals surface area contributed by atoms with Gasteiger partial charge in [-0.3, -0.25) is 4.79 Å². The van der Waals surface area contributed by atoms with Crippen LogP contribution < -0.4 is 5.32 Å². The van der Waals surface area contributed by atoms with Gasteiger partial charge in [0.25, 0.3) is 5.91 Å². The fourth-order valence-electron chi connectivity index (χ4n) is 1.83. The summed E-state index contributed by atoms with van der Waals surface area (Å²) < 4.78 is 0. The van der Waals surface area contributed by atoms with Gasteiger partial charge in [0.1, 0.15) is 10.8 Å². The number of rotatable bonds is 5. The lowest BCUT2D eigenvalue weighted by atomic mass is 10.2. The number of nitrogens with one attached hydrogen (secondary N) is 2. The number of aromatic amines is 1. The van der Waals surface area contributed by atoms with Crippen LogP contribution in [0.1, 0.15) is 21.4 Å². The van der Waals surface area contributed by atoms with Crippen molar-refractivity contribution in [2.45, 2.75) is 6.04 Å². The van der Waals surface area contributed by atoms with E-state index >= 15 is 0 Å². The molecule has 7 heteroatoms. The fraction of sp³-hybridized carbons (Fsp3) is 0.308. The molecule has 0 saturated carbocycles. The fourth-order valence-corrected chi connectivity index (χ4v) is 3.06. The third kappa shape index (κ3) is 3.55. The van der Waals surface area contributed by atoms with Crippen LogP contribution in [0.3, 0.4) is 0 Å². The van der Waals surface area contributed by atoms with Crippen molar-refractivity contribution in [3.63, 3.8) is 0 Å². The SMILES string of the molecule is CN(C)C(CNC(=O)c1cc(Cl)c(Cl)[nH]1)c1cccs1. The topological polar surface area (TPSA) is 48.1 Å². The number of hydrogen-bond donors (Lipinski definition) is 2. The number of H-pyrrole nitrogens is 1. The van der Waals surface area contributed by atoms with Crippen LogP contribution in [-0.2, 0) is 0 Å². The minimum absolute atomic E-state index is 0.139. The molecule has 1 atom stereocenters. The van der Waals surface area contributed by atoms with Crippen LogP contribution in [0.2, 0.25) is 10.2 Å². The van der Waals surface area contributed by atoms with E-state index in [1.54, 1.807) is 11.3 Å². The van der Waals surface area contributed by atoms with Crippen LogP contribution in [0.4, 0.5) is 0 Å². The summed E-state index contributed by atoms with van der Waals surface area (Å²) in [5.41, 5.74) is 0.365. The van der Waals surface area contributed by atoms with E-state index in [1.807, 2.05) is 25.5 Å². The molecule has 0 fully saturated rings. The Bertz CT molecular complexity index is 561. The molecule has 2 aromatic heterocycles. The van der Waals surface area contributed by atoms with Crippen molar-refractivity contribution in [2.75, 3.05) is 20.6 Å². The molecule has 108 valence electrons. The van der Waals surface area contributed by atoms with E-state index in [-0.39, 0.29) is 17.1 Å². The van der Waals surface area contributed by atoms with Gasteiger partial charge in [-0.25, -0.2) is 0 Å². The Morgan fingerprint density at radius 2 is 2.25 bits per heavy atom. The van der Waals surface area contributed by atoms with Gasteiger partial charge in [-0.2, -0.15) is 0 Å². The summed E-state index contributed by atoms with van der Waals surface area (Å²) in [6.45, 7) is 0.514. The molecule has 0 radical (unpaired) electrons. The van der Waals surface area contributed by atoms with E-state index in [4.69, 9.17) is 23.2 Å². The number of carbonyl (C=O) groups excluding carboxylic acids is 1. The van der Waals surface area contributed by atoms with Crippen molar-refractivity contribution in [3.05, 3.63) is 44.3 Å². The van der Waals surface area contributed by atoms with Gasteiger partial charge in [-0.05, 0) is 31.6 Å². The maximum atomic E-state index is 12.0. The third-order valence-electron chi connectivity index (χ3n) is 2.92. The van der Waals surface area contributed by atoms with Crippen LogP contribution in [0, 0.1) is 0 Å². The van der Waals surface area contributed by atoms with Gasteiger partial charge in [-0.1, -0.05) is 29.3 Å². The smallest absolute Gasteiger partial charge is 0.267 e. The zero-order chi connectivity index (χ0) is 14.7. The molecular formula is C13H15Cl2N3OS. The largest absolute Gasteiger partial charge is 0.349 e. The number of halogens is 2. The second kappa shape index (κ2) is 6.63. The van der Waals surface area contributed by atoms with Crippen molar-refractivity contribution in [1.82, 2.24) is 15.2 Å². The maximum Gasteiger partial charge on any atom is 0.267 e. The first-order chi connectivity index (χ1) is 9.49. The Hall–Kier alpha value is -1.01. The van der Waals surface area contributed by atoms with E-state index in [2.05, 4.69) is 21.3 Å². The molecule has 0 bridgehead atoms. The Labute approximate surface area is 131 Å². The molecule has 0 spiro atoms. The Morgan fingerprint density at radius 3 is 2.75 bits per heavy atom. The van der Waals surface area contributed by atoms with Crippen molar-refractivity contribution in [1.29, 1.82) is 0 Å². The number of thiophene rings is 1. The van der Waals surface area contributed by atoms with Gasteiger partial charge in [-0.15, -0.1) is 11.3 Å². The second-order valence-electron chi connectivity index (χ2n) is 4.55. The number of amides is 1. The first-order valence-electron chi connectivity index (χ1n) is 6.01. The highest BCUT2D eigenvalue weighted by Gasteiger charge is 2.18. The highest BCUT2D eigenvalue weighted by atomic mass is 35.5. The first-order valence-corrected chi connectivity index (χ1v) is 7.64. The number of nitrogens with zero attached hydrogens (tertiary/aromatic N) is 1. The standard InChI is InChI=1S/C13H15Cl2N3OS/c1-18(2)10(11-4-3-5-20-11)7-16-13(19)9-6-8(14)12(15)17-9/h3-6,10,17H,7H2,1-2H3,(H,16,19). The number of carbonyl (C=O) groups is 1. The van der Waals surface area contributed by atoms with Gasteiger partial charge in [0.05, 0.1) is 11.1 Å². The molecule has 20 heavy (non-hydrogen) atoms. The molecule has 1 unspecified atom stereocenters. The molecule has 2 heterocycles. The van der Waals surface area contributed by atoms with E-state index < -0.39 is 0 Å². The maximum absolute atomic E-state index is 12.0. The van der Waals surface area contributed by atoms with Gasteiger partial charge in [0.2, 0.25) is 0 Å². The summed E-state index contributed by atoms with van der Waals surface area (Å²) in [4.78, 5) is 18.1. The van der Waals surface area contributed by atoms with Gasteiger partial charge in [0.15, 0.2) is 0 Å². The van der Waals surface area contributed by atoms with Gasteiger partial charge >= 0.3 is 0 Å². The quantitative estimate of drug-likeness (QED) is 0.881. The van der Waals surface area contributed by atoms with Crippen molar-refractivity contribution >= 4 is 40.4 Å². The zero-order valence-corrected chi connectivity index (χ0v) is 13.4. The average molecular weight is 332 g/mol. The number of hydrogen-bond acceptors (Lipinski definition) is 3. The lowest BCUT2D eigenvalue weighted by Crippen LogP contribution is -2.34. The average Bonchev–Trinajstić information content (AvgIpc) is 3.00. The molecular weight excluding hydrogens is 317 g/mol. The Morgan fingerprint density at radius 1 is 1.50 bits per heavy atom. The molecule has 0 aliphatic carbocycles. The highest BCUT2D eigenvalue weighted by Crippen LogP contribution is 2.23. The minimum atomic E-state index is -0.220. The Balaban J connectivity index is 2.01. The lowest BCUT2D eigenvalue weighted by molar-refractivity contribution is 0.0938. The summed E-state index contributed by atoms with van der Waals surface area (Å²) in [6.07, 6.45) is 0. The minimum Gasteiger partial charge on any atom is -0.349 e. The summed E-state index contributed by atoms with van der Waals surface area (Å²) >= 11 is 13.3. The predicted molar refractivity (Wildman–Crippen MR) is 83.9 cm³/mol. The third-order valence-corrected chi connectivity index (χ3v) is 4.59. The van der Waals surface area contributed by atoms with Gasteiger partial charge in [0, 0.05) is 11.4 Å². The van der Waals surface area contributed by atoms with Crippen LogP contribution in [0.25, 0.3) is 0 Å².